The average Bonchev–Trinajstić information content (AvgIpc) is 3.20. The smallest absolute Gasteiger partial charge is 0.0829 e. The van der Waals surface area contributed by atoms with Crippen LogP contribution in [-0.4, -0.2) is 34.6 Å². The van der Waals surface area contributed by atoms with Crippen LogP contribution in [0.5, 0.6) is 0 Å². The minimum Gasteiger partial charge on any atom is -0.399 e. The predicted octanol–water partition coefficient (Wildman–Crippen LogP) is 7.33. The van der Waals surface area contributed by atoms with Gasteiger partial charge in [-0.15, -0.1) is 0 Å². The Bertz CT molecular complexity index is 731. The molecule has 0 spiro atoms. The third-order valence-corrected chi connectivity index (χ3v) is 6.55. The zero-order valence-corrected chi connectivity index (χ0v) is 21.1. The van der Waals surface area contributed by atoms with Crippen molar-refractivity contribution in [1.29, 1.82) is 0 Å². The second-order valence-electron chi connectivity index (χ2n) is 9.71. The molecule has 0 aliphatic heterocycles. The van der Waals surface area contributed by atoms with E-state index >= 15 is 0 Å². The Hall–Kier alpha value is -1.59. The summed E-state index contributed by atoms with van der Waals surface area (Å²) >= 11 is 0. The highest BCUT2D eigenvalue weighted by Gasteiger charge is 2.12. The first-order valence-corrected chi connectivity index (χ1v) is 13.7. The lowest BCUT2D eigenvalue weighted by molar-refractivity contribution is 0.0352. The molecule has 0 saturated carbocycles. The van der Waals surface area contributed by atoms with Gasteiger partial charge in [0.15, 0.2) is 0 Å². The van der Waals surface area contributed by atoms with Crippen molar-refractivity contribution in [2.75, 3.05) is 18.9 Å². The van der Waals surface area contributed by atoms with E-state index < -0.39 is 6.10 Å². The van der Waals surface area contributed by atoms with Crippen LogP contribution in [0.1, 0.15) is 115 Å². The normalized spacial score (nSPS) is 12.5. The van der Waals surface area contributed by atoms with Crippen molar-refractivity contribution in [3.63, 3.8) is 0 Å². The molecular weight excluding hydrogens is 410 g/mol. The zero-order valence-electron chi connectivity index (χ0n) is 21.1. The Kier molecular flexibility index (Phi) is 14.9. The number of aliphatic hydroxyl groups is 1. The van der Waals surface area contributed by atoms with Gasteiger partial charge in [-0.1, -0.05) is 103 Å². The summed E-state index contributed by atoms with van der Waals surface area (Å²) in [6.45, 7) is 3.37. The predicted molar refractivity (Wildman–Crippen MR) is 141 cm³/mol. The molecule has 188 valence electrons. The number of hydrogen-bond acceptors (Lipinski definition) is 4. The first-order valence-electron chi connectivity index (χ1n) is 13.7. The number of unbranched alkanes of at least 4 members (excludes halogenated alkanes) is 15. The van der Waals surface area contributed by atoms with Gasteiger partial charge >= 0.3 is 0 Å². The van der Waals surface area contributed by atoms with Crippen LogP contribution in [-0.2, 0) is 11.2 Å². The highest BCUT2D eigenvalue weighted by Crippen LogP contribution is 2.20. The fourth-order valence-electron chi connectivity index (χ4n) is 4.50. The van der Waals surface area contributed by atoms with E-state index in [1.807, 2.05) is 18.2 Å². The zero-order chi connectivity index (χ0) is 23.6. The molecule has 0 bridgehead atoms. The van der Waals surface area contributed by atoms with Crippen LogP contribution in [0.2, 0.25) is 0 Å². The van der Waals surface area contributed by atoms with Crippen molar-refractivity contribution in [2.45, 2.75) is 122 Å². The molecular formula is C28H49N3O2. The summed E-state index contributed by atoms with van der Waals surface area (Å²) in [7, 11) is 0. The largest absolute Gasteiger partial charge is 0.399 e. The summed E-state index contributed by atoms with van der Waals surface area (Å²) in [5.41, 5.74) is 8.36. The standard InChI is InChI=1S/C28H49N3O2/c1-2-3-4-5-6-7-8-9-10-11-12-13-14-15-16-17-20-33-23-25(32)22-28-26-21-24(29)18-19-27(26)30-31-28/h18-19,21,25,32H,2-17,20,22-23,29H2,1H3,(H,30,31). The number of aromatic amines is 1. The molecule has 5 nitrogen and oxygen atoms in total. The lowest BCUT2D eigenvalue weighted by atomic mass is 10.0. The van der Waals surface area contributed by atoms with Gasteiger partial charge in [0.2, 0.25) is 0 Å². The van der Waals surface area contributed by atoms with Crippen molar-refractivity contribution in [3.05, 3.63) is 23.9 Å². The van der Waals surface area contributed by atoms with Crippen LogP contribution < -0.4 is 5.73 Å². The van der Waals surface area contributed by atoms with E-state index in [9.17, 15) is 5.11 Å². The number of aliphatic hydroxyl groups excluding tert-OH is 1. The van der Waals surface area contributed by atoms with Crippen molar-refractivity contribution < 1.29 is 9.84 Å². The summed E-state index contributed by atoms with van der Waals surface area (Å²) in [5.74, 6) is 0. The Morgan fingerprint density at radius 1 is 0.848 bits per heavy atom. The van der Waals surface area contributed by atoms with Gasteiger partial charge in [0, 0.05) is 24.1 Å². The number of hydrogen-bond donors (Lipinski definition) is 3. The number of anilines is 1. The molecule has 0 fully saturated rings. The lowest BCUT2D eigenvalue weighted by Crippen LogP contribution is -2.19. The molecule has 0 amide bonds. The van der Waals surface area contributed by atoms with Crippen molar-refractivity contribution in [2.24, 2.45) is 0 Å². The molecule has 0 radical (unpaired) electrons. The van der Waals surface area contributed by atoms with Gasteiger partial charge in [0.25, 0.3) is 0 Å². The maximum absolute atomic E-state index is 10.3. The quantitative estimate of drug-likeness (QED) is 0.135. The number of nitrogens with zero attached hydrogens (tertiary/aromatic N) is 1. The molecule has 5 heteroatoms. The third-order valence-electron chi connectivity index (χ3n) is 6.55. The van der Waals surface area contributed by atoms with E-state index in [4.69, 9.17) is 10.5 Å². The van der Waals surface area contributed by atoms with Gasteiger partial charge in [-0.05, 0) is 24.6 Å². The first-order chi connectivity index (χ1) is 16.2. The van der Waals surface area contributed by atoms with Gasteiger partial charge in [-0.2, -0.15) is 5.10 Å². The number of nitrogens with one attached hydrogen (secondary N) is 1. The van der Waals surface area contributed by atoms with Crippen molar-refractivity contribution in [1.82, 2.24) is 10.2 Å². The first kappa shape index (κ1) is 27.7. The number of H-pyrrole nitrogens is 1. The topological polar surface area (TPSA) is 84.2 Å². The minimum atomic E-state index is -0.543. The van der Waals surface area contributed by atoms with Crippen LogP contribution in [0.25, 0.3) is 10.9 Å². The van der Waals surface area contributed by atoms with Crippen LogP contribution in [0.4, 0.5) is 5.69 Å². The molecule has 0 saturated heterocycles. The van der Waals surface area contributed by atoms with Crippen LogP contribution >= 0.6 is 0 Å². The third kappa shape index (κ3) is 12.4. The van der Waals surface area contributed by atoms with Gasteiger partial charge in [0.05, 0.1) is 23.9 Å². The van der Waals surface area contributed by atoms with Crippen LogP contribution in [0, 0.1) is 0 Å². The molecule has 0 aliphatic carbocycles. The molecule has 1 atom stereocenters. The Morgan fingerprint density at radius 3 is 1.97 bits per heavy atom. The average molecular weight is 460 g/mol. The van der Waals surface area contributed by atoms with E-state index in [1.54, 1.807) is 0 Å². The maximum atomic E-state index is 10.3. The lowest BCUT2D eigenvalue weighted by Gasteiger charge is -2.10. The highest BCUT2D eigenvalue weighted by molar-refractivity contribution is 5.84. The fourth-order valence-corrected chi connectivity index (χ4v) is 4.50. The van der Waals surface area contributed by atoms with Crippen molar-refractivity contribution in [3.8, 4) is 0 Å². The molecule has 1 aromatic heterocycles. The molecule has 4 N–H and O–H groups in total. The number of nitrogens with two attached hydrogens (primary N) is 1. The molecule has 2 rings (SSSR count). The van der Waals surface area contributed by atoms with Crippen LogP contribution in [0.15, 0.2) is 18.2 Å². The van der Waals surface area contributed by atoms with Gasteiger partial charge in [0.1, 0.15) is 0 Å². The summed E-state index contributed by atoms with van der Waals surface area (Å²) in [5, 5.41) is 18.6. The Balaban J connectivity index is 1.34. The molecule has 0 aliphatic rings. The molecule has 2 aromatic rings. The SMILES string of the molecule is CCCCCCCCCCCCCCCCCCOCC(O)Cc1n[nH]c2ccc(N)cc12. The number of benzene rings is 1. The van der Waals surface area contributed by atoms with Crippen LogP contribution in [0.3, 0.4) is 0 Å². The Morgan fingerprint density at radius 2 is 1.39 bits per heavy atom. The van der Waals surface area contributed by atoms with Gasteiger partial charge in [-0.25, -0.2) is 0 Å². The van der Waals surface area contributed by atoms with E-state index in [-0.39, 0.29) is 0 Å². The van der Waals surface area contributed by atoms with E-state index in [2.05, 4.69) is 17.1 Å². The number of ether oxygens (including phenoxy) is 1. The fraction of sp³-hybridized carbons (Fsp3) is 0.750. The van der Waals surface area contributed by atoms with E-state index in [0.717, 1.165) is 29.6 Å². The van der Waals surface area contributed by atoms with Crippen molar-refractivity contribution >= 4 is 16.6 Å². The number of nitrogen functional groups attached to an aromatic ring is 1. The highest BCUT2D eigenvalue weighted by atomic mass is 16.5. The molecule has 33 heavy (non-hydrogen) atoms. The molecule has 1 unspecified atom stereocenters. The summed E-state index contributed by atoms with van der Waals surface area (Å²) in [6.07, 6.45) is 21.9. The second kappa shape index (κ2) is 17.8. The summed E-state index contributed by atoms with van der Waals surface area (Å²) in [4.78, 5) is 0. The van der Waals surface area contributed by atoms with E-state index in [1.165, 1.54) is 96.3 Å². The Labute approximate surface area is 201 Å². The monoisotopic (exact) mass is 459 g/mol. The maximum Gasteiger partial charge on any atom is 0.0829 e. The van der Waals surface area contributed by atoms with E-state index in [0.29, 0.717) is 18.7 Å². The van der Waals surface area contributed by atoms with Gasteiger partial charge in [-0.3, -0.25) is 5.10 Å². The summed E-state index contributed by atoms with van der Waals surface area (Å²) < 4.78 is 5.69. The minimum absolute atomic E-state index is 0.357. The number of aromatic nitrogens is 2. The summed E-state index contributed by atoms with van der Waals surface area (Å²) in [6, 6.07) is 5.67. The second-order valence-corrected chi connectivity index (χ2v) is 9.71. The van der Waals surface area contributed by atoms with Gasteiger partial charge < -0.3 is 15.6 Å². The number of fused-ring (bicyclic) bond motifs is 1. The molecule has 1 heterocycles. The number of rotatable bonds is 21. The molecule has 1 aromatic carbocycles.